The summed E-state index contributed by atoms with van der Waals surface area (Å²) in [6.45, 7) is 21.1. The van der Waals surface area contributed by atoms with Gasteiger partial charge in [-0.3, -0.25) is 0 Å². The molecule has 0 atom stereocenters. The van der Waals surface area contributed by atoms with Gasteiger partial charge < -0.3 is 19.1 Å². The van der Waals surface area contributed by atoms with Crippen molar-refractivity contribution in [1.82, 2.24) is 9.55 Å². The molecule has 0 amide bonds. The van der Waals surface area contributed by atoms with Gasteiger partial charge >= 0.3 is 0 Å². The van der Waals surface area contributed by atoms with Gasteiger partial charge in [-0.05, 0) is 115 Å². The molecule has 2 aromatic heterocycles. The normalized spacial score (nSPS) is 17.2. The van der Waals surface area contributed by atoms with Gasteiger partial charge in [-0.2, -0.15) is 12.1 Å². The molecule has 0 radical (unpaired) electrons. The third-order valence-electron chi connectivity index (χ3n) is 15.4. The number of para-hydroxylation sites is 4. The first-order valence-corrected chi connectivity index (χ1v) is 26.0. The summed E-state index contributed by atoms with van der Waals surface area (Å²) in [5.74, 6) is 0.597. The zero-order valence-electron chi connectivity index (χ0n) is 57.1. The molecule has 2 aliphatic rings. The SMILES string of the molecule is [2H]c1c([2H])c([2H])c(-c2cccc(-c3cc(C(C)(C)C)cc(C(C)(C)C)c3)c2N2[CH-]N(c3[c-]c(Oc4[c-]c5c(cc4)c4c([2H])c([2H])c([2H])c([2H])c4n5-c4cc(C([2H])([2H])[2H])c(-c5cccc6c5C(C)(C)CCC6(C)C)cn4)ccc3)c3ccccc32)c([2H])c1[2H].[Pt]. The van der Waals surface area contributed by atoms with Gasteiger partial charge in [-0.15, -0.1) is 48.1 Å². The number of anilines is 4. The predicted octanol–water partition coefficient (Wildman–Crippen LogP) is 19.2. The summed E-state index contributed by atoms with van der Waals surface area (Å²) in [5.41, 5.74) is 10.0. The van der Waals surface area contributed by atoms with E-state index in [1.807, 2.05) is 77.1 Å². The van der Waals surface area contributed by atoms with Gasteiger partial charge in [0.1, 0.15) is 5.82 Å². The molecule has 0 N–H and O–H groups in total. The number of pyridine rings is 1. The monoisotopic (exact) mass is 1200 g/mol. The quantitative estimate of drug-likeness (QED) is 0.142. The second-order valence-corrected chi connectivity index (χ2v) is 23.6. The number of benzene rings is 8. The maximum Gasteiger partial charge on any atom is 0.135 e. The largest absolute Gasteiger partial charge is 0.509 e. The summed E-state index contributed by atoms with van der Waals surface area (Å²) in [7, 11) is 0. The van der Waals surface area contributed by atoms with Crippen molar-refractivity contribution >= 4 is 44.6 Å². The summed E-state index contributed by atoms with van der Waals surface area (Å²) >= 11 is 0. The topological polar surface area (TPSA) is 33.5 Å². The Kier molecular flexibility index (Phi) is 9.86. The first kappa shape index (κ1) is 39.2. The molecule has 3 heterocycles. The van der Waals surface area contributed by atoms with E-state index < -0.39 is 37.1 Å². The van der Waals surface area contributed by atoms with Gasteiger partial charge in [0.15, 0.2) is 0 Å². The van der Waals surface area contributed by atoms with Crippen LogP contribution in [0.4, 0.5) is 22.7 Å². The Morgan fingerprint density at radius 1 is 0.610 bits per heavy atom. The molecule has 5 nitrogen and oxygen atoms in total. The van der Waals surface area contributed by atoms with E-state index >= 15 is 0 Å². The Labute approximate surface area is 487 Å². The third-order valence-corrected chi connectivity index (χ3v) is 15.4. The van der Waals surface area contributed by atoms with E-state index in [1.165, 1.54) is 6.07 Å². The van der Waals surface area contributed by atoms with Crippen LogP contribution in [0.3, 0.4) is 0 Å². The molecular weight excluding hydrogens is 1120 g/mol. The minimum atomic E-state index is -2.63. The molecule has 0 fully saturated rings. The Morgan fingerprint density at radius 3 is 1.97 bits per heavy atom. The fraction of sp³-hybridized carbons (Fsp3) is 0.239. The summed E-state index contributed by atoms with van der Waals surface area (Å²) in [4.78, 5) is 8.93. The number of hydrogen-bond acceptors (Lipinski definition) is 4. The maximum atomic E-state index is 9.31. The number of aryl methyl sites for hydroxylation is 1. The maximum absolute atomic E-state index is 9.31. The van der Waals surface area contributed by atoms with E-state index in [0.29, 0.717) is 27.9 Å². The molecular formula is C71H67N4OPt-3. The van der Waals surface area contributed by atoms with E-state index in [1.54, 1.807) is 35.0 Å². The van der Waals surface area contributed by atoms with Gasteiger partial charge in [0.05, 0.1) is 12.3 Å². The Bertz CT molecular complexity index is 4490. The van der Waals surface area contributed by atoms with Gasteiger partial charge in [0.2, 0.25) is 0 Å². The average molecular weight is 1200 g/mol. The molecule has 77 heavy (non-hydrogen) atoms. The molecule has 0 saturated heterocycles. The number of ether oxygens (including phenoxy) is 1. The standard InChI is InChI=1S/C71H67N4O.Pt/c1-46-38-65(72-44-59(46)58-29-21-30-60-66(58)71(10,11)37-36-70(60,8)9)75-61-31-16-15-26-56(61)57-35-34-53(43-64(57)75)76-52-25-19-24-51(42-52)73-45-74(63-33-18-17-32-62(63)73)67-54(47-22-13-12-14-23-47)27-20-28-55(67)48-39-49(68(2,3)4)41-50(40-48)69(5,6)7;/h12-35,38-41,44-45H,36-37H2,1-11H3;/q-3;/i1D3,12D,13D,14D,15D,16D,22D,23D,26D,31D;. The van der Waals surface area contributed by atoms with Crippen molar-refractivity contribution in [2.45, 2.75) is 111 Å². The van der Waals surface area contributed by atoms with E-state index in [9.17, 15) is 5.48 Å². The van der Waals surface area contributed by atoms with Gasteiger partial charge in [-0.25, -0.2) is 4.98 Å². The van der Waals surface area contributed by atoms with Crippen molar-refractivity contribution in [3.8, 4) is 50.7 Å². The summed E-state index contributed by atoms with van der Waals surface area (Å²) in [6.07, 6.45) is 3.45. The van der Waals surface area contributed by atoms with Crippen molar-refractivity contribution in [1.29, 1.82) is 0 Å². The van der Waals surface area contributed by atoms with Crippen LogP contribution in [0.25, 0.3) is 61.0 Å². The zero-order valence-corrected chi connectivity index (χ0v) is 47.3. The smallest absolute Gasteiger partial charge is 0.135 e. The predicted molar refractivity (Wildman–Crippen MR) is 318 cm³/mol. The van der Waals surface area contributed by atoms with Gasteiger partial charge in [-0.1, -0.05) is 190 Å². The molecule has 0 bridgehead atoms. The van der Waals surface area contributed by atoms with Gasteiger partial charge in [0, 0.05) is 82.1 Å². The van der Waals surface area contributed by atoms with Crippen LogP contribution in [0.1, 0.15) is 126 Å². The van der Waals surface area contributed by atoms with Crippen LogP contribution in [0.2, 0.25) is 0 Å². The Balaban J connectivity index is 0.00000817. The van der Waals surface area contributed by atoms with Crippen LogP contribution in [0.15, 0.2) is 176 Å². The molecule has 0 saturated carbocycles. The number of fused-ring (bicyclic) bond motifs is 5. The van der Waals surface area contributed by atoms with Crippen LogP contribution >= 0.6 is 0 Å². The fourth-order valence-electron chi connectivity index (χ4n) is 11.2. The van der Waals surface area contributed by atoms with Crippen molar-refractivity contribution in [2.75, 3.05) is 9.80 Å². The summed E-state index contributed by atoms with van der Waals surface area (Å²) in [6, 6.07) is 39.8. The number of rotatable bonds is 8. The van der Waals surface area contributed by atoms with Crippen LogP contribution in [0.5, 0.6) is 11.5 Å². The molecule has 1 aliphatic heterocycles. The van der Waals surface area contributed by atoms with Crippen molar-refractivity contribution < 1.29 is 42.3 Å². The van der Waals surface area contributed by atoms with Crippen LogP contribution in [-0.4, -0.2) is 9.55 Å². The molecule has 0 spiro atoms. The summed E-state index contributed by atoms with van der Waals surface area (Å²) < 4.78 is 116. The van der Waals surface area contributed by atoms with Crippen molar-refractivity contribution in [3.05, 3.63) is 222 Å². The van der Waals surface area contributed by atoms with E-state index in [2.05, 4.69) is 106 Å². The molecule has 1 aliphatic carbocycles. The summed E-state index contributed by atoms with van der Waals surface area (Å²) in [5, 5.41) is 0.626. The van der Waals surface area contributed by atoms with E-state index in [4.69, 9.17) is 20.7 Å². The van der Waals surface area contributed by atoms with E-state index in [-0.39, 0.29) is 112 Å². The molecule has 0 unspecified atom stereocenters. The second-order valence-electron chi connectivity index (χ2n) is 23.6. The van der Waals surface area contributed by atoms with Crippen LogP contribution in [-0.2, 0) is 42.7 Å². The number of nitrogens with zero attached hydrogens (tertiary/aromatic N) is 4. The van der Waals surface area contributed by atoms with Crippen LogP contribution < -0.4 is 14.5 Å². The van der Waals surface area contributed by atoms with Crippen LogP contribution in [0, 0.1) is 25.7 Å². The van der Waals surface area contributed by atoms with Crippen molar-refractivity contribution in [2.24, 2.45) is 0 Å². The minimum Gasteiger partial charge on any atom is -0.509 e. The number of aromatic nitrogens is 2. The van der Waals surface area contributed by atoms with Gasteiger partial charge in [0.25, 0.3) is 0 Å². The Hall–Kier alpha value is -7.20. The third kappa shape index (κ3) is 9.29. The van der Waals surface area contributed by atoms with E-state index in [0.717, 1.165) is 63.2 Å². The average Bonchev–Trinajstić information content (AvgIpc) is 1.67. The molecule has 10 aromatic rings. The molecule has 12 rings (SSSR count). The fourth-order valence-corrected chi connectivity index (χ4v) is 11.2. The molecule has 390 valence electrons. The zero-order chi connectivity index (χ0) is 63.2. The first-order chi connectivity index (χ1) is 41.3. The number of hydrogen-bond donors (Lipinski definition) is 0. The Morgan fingerprint density at radius 2 is 1.25 bits per heavy atom. The molecule has 6 heteroatoms. The first-order valence-electron chi connectivity index (χ1n) is 32.0. The molecule has 8 aromatic carbocycles. The minimum absolute atomic E-state index is 0. The van der Waals surface area contributed by atoms with Crippen molar-refractivity contribution in [3.63, 3.8) is 0 Å². The second kappa shape index (κ2) is 19.4.